The number of thiazole rings is 1. The SMILES string of the molecule is CCCCOc1cccc(C(O)=C2C(=O)C(=O)N(c3nc(C)c(C(=O)OC)s3)C2c2cc(OC)c(OC)c(OC)c2)c1. The Labute approximate surface area is 247 Å². The van der Waals surface area contributed by atoms with Gasteiger partial charge in [-0.05, 0) is 43.2 Å². The van der Waals surface area contributed by atoms with E-state index in [1.165, 1.54) is 28.4 Å². The summed E-state index contributed by atoms with van der Waals surface area (Å²) in [6.07, 6.45) is 1.80. The summed E-state index contributed by atoms with van der Waals surface area (Å²) >= 11 is 0.900. The predicted molar refractivity (Wildman–Crippen MR) is 156 cm³/mol. The van der Waals surface area contributed by atoms with Crippen LogP contribution in [-0.2, 0) is 14.3 Å². The van der Waals surface area contributed by atoms with Crippen molar-refractivity contribution in [3.63, 3.8) is 0 Å². The minimum atomic E-state index is -1.17. The molecule has 1 saturated heterocycles. The summed E-state index contributed by atoms with van der Waals surface area (Å²) in [5.41, 5.74) is 0.787. The van der Waals surface area contributed by atoms with E-state index in [-0.39, 0.29) is 32.6 Å². The van der Waals surface area contributed by atoms with Crippen LogP contribution in [-0.4, -0.2) is 62.8 Å². The Kier molecular flexibility index (Phi) is 9.36. The van der Waals surface area contributed by atoms with Crippen molar-refractivity contribution in [2.45, 2.75) is 32.7 Å². The lowest BCUT2D eigenvalue weighted by atomic mass is 9.94. The molecule has 0 radical (unpaired) electrons. The van der Waals surface area contributed by atoms with Crippen molar-refractivity contribution in [2.24, 2.45) is 0 Å². The average molecular weight is 597 g/mol. The third kappa shape index (κ3) is 5.62. The van der Waals surface area contributed by atoms with E-state index in [9.17, 15) is 19.5 Å². The Morgan fingerprint density at radius 2 is 1.74 bits per heavy atom. The van der Waals surface area contributed by atoms with E-state index in [1.54, 1.807) is 43.3 Å². The molecule has 1 atom stereocenters. The summed E-state index contributed by atoms with van der Waals surface area (Å²) in [5, 5.41) is 11.7. The predicted octanol–water partition coefficient (Wildman–Crippen LogP) is 5.07. The second-order valence-electron chi connectivity index (χ2n) is 9.26. The minimum Gasteiger partial charge on any atom is -0.507 e. The van der Waals surface area contributed by atoms with Crippen molar-refractivity contribution in [2.75, 3.05) is 39.9 Å². The maximum atomic E-state index is 13.7. The molecular formula is C30H32N2O9S. The van der Waals surface area contributed by atoms with Gasteiger partial charge in [0.1, 0.15) is 16.4 Å². The zero-order valence-electron chi connectivity index (χ0n) is 24.2. The van der Waals surface area contributed by atoms with Crippen LogP contribution in [0.25, 0.3) is 5.76 Å². The van der Waals surface area contributed by atoms with E-state index in [2.05, 4.69) is 4.98 Å². The highest BCUT2D eigenvalue weighted by atomic mass is 32.1. The van der Waals surface area contributed by atoms with Gasteiger partial charge in [-0.2, -0.15) is 0 Å². The second kappa shape index (κ2) is 12.9. The number of anilines is 1. The van der Waals surface area contributed by atoms with E-state index in [0.717, 1.165) is 29.1 Å². The number of carbonyl (C=O) groups excluding carboxylic acids is 3. The first-order chi connectivity index (χ1) is 20.2. The highest BCUT2D eigenvalue weighted by molar-refractivity contribution is 7.17. The number of carbonyl (C=O) groups is 3. The third-order valence-corrected chi connectivity index (χ3v) is 7.82. The topological polar surface area (TPSA) is 134 Å². The molecule has 222 valence electrons. The summed E-state index contributed by atoms with van der Waals surface area (Å²) in [5.74, 6) is -1.55. The molecule has 1 aromatic heterocycles. The van der Waals surface area contributed by atoms with E-state index in [4.69, 9.17) is 23.7 Å². The highest BCUT2D eigenvalue weighted by Crippen LogP contribution is 2.48. The number of hydrogen-bond donors (Lipinski definition) is 1. The highest BCUT2D eigenvalue weighted by Gasteiger charge is 2.49. The molecule has 4 rings (SSSR count). The number of ether oxygens (including phenoxy) is 5. The number of unbranched alkanes of at least 4 members (excludes halogenated alkanes) is 1. The molecule has 1 fully saturated rings. The van der Waals surface area contributed by atoms with E-state index in [0.29, 0.717) is 29.4 Å². The van der Waals surface area contributed by atoms with Gasteiger partial charge in [-0.25, -0.2) is 9.78 Å². The molecular weight excluding hydrogens is 564 g/mol. The Balaban J connectivity index is 1.96. The van der Waals surface area contributed by atoms with Crippen LogP contribution in [0.15, 0.2) is 42.0 Å². The van der Waals surface area contributed by atoms with Crippen LogP contribution in [0.1, 0.15) is 52.3 Å². The van der Waals surface area contributed by atoms with Crippen LogP contribution in [0.5, 0.6) is 23.0 Å². The van der Waals surface area contributed by atoms with Crippen LogP contribution >= 0.6 is 11.3 Å². The molecule has 11 nitrogen and oxygen atoms in total. The summed E-state index contributed by atoms with van der Waals surface area (Å²) in [6, 6.07) is 8.66. The normalized spacial score (nSPS) is 16.0. The molecule has 1 aliphatic heterocycles. The lowest BCUT2D eigenvalue weighted by Gasteiger charge is -2.24. The minimum absolute atomic E-state index is 0.0736. The number of rotatable bonds is 11. The van der Waals surface area contributed by atoms with Crippen molar-refractivity contribution in [3.05, 3.63) is 63.7 Å². The van der Waals surface area contributed by atoms with Crippen molar-refractivity contribution in [1.29, 1.82) is 0 Å². The number of aryl methyl sites for hydroxylation is 1. The van der Waals surface area contributed by atoms with E-state index in [1.807, 2.05) is 6.92 Å². The standard InChI is InChI=1S/C30H32N2O9S/c1-7-8-12-41-19-11-9-10-17(13-19)24(33)22-23(18-14-20(37-3)26(39-5)21(15-18)38-4)32(28(35)25(22)34)30-31-16(2)27(42-30)29(36)40-6/h9-11,13-15,23,33H,7-8,12H2,1-6H3. The number of nitrogens with zero attached hydrogens (tertiary/aromatic N) is 2. The number of aliphatic hydroxyl groups is 1. The van der Waals surface area contributed by atoms with Crippen LogP contribution in [0.4, 0.5) is 5.13 Å². The van der Waals surface area contributed by atoms with Crippen molar-refractivity contribution in [1.82, 2.24) is 4.98 Å². The summed E-state index contributed by atoms with van der Waals surface area (Å²) in [4.78, 5) is 45.4. The Hall–Kier alpha value is -4.58. The van der Waals surface area contributed by atoms with Gasteiger partial charge in [0.05, 0.1) is 52.4 Å². The zero-order chi connectivity index (χ0) is 30.6. The first-order valence-corrected chi connectivity index (χ1v) is 13.9. The Morgan fingerprint density at radius 1 is 1.05 bits per heavy atom. The van der Waals surface area contributed by atoms with Gasteiger partial charge in [-0.1, -0.05) is 36.8 Å². The molecule has 1 unspecified atom stereocenters. The number of Topliss-reactive ketones (excluding diaryl/α,β-unsaturated/α-hetero) is 1. The van der Waals surface area contributed by atoms with Gasteiger partial charge in [-0.15, -0.1) is 0 Å². The Morgan fingerprint density at radius 3 is 2.33 bits per heavy atom. The van der Waals surface area contributed by atoms with Gasteiger partial charge in [0.15, 0.2) is 16.6 Å². The molecule has 2 aromatic carbocycles. The molecule has 2 heterocycles. The zero-order valence-corrected chi connectivity index (χ0v) is 25.0. The van der Waals surface area contributed by atoms with Crippen LogP contribution < -0.4 is 23.8 Å². The van der Waals surface area contributed by atoms with E-state index < -0.39 is 29.5 Å². The molecule has 0 bridgehead atoms. The maximum Gasteiger partial charge on any atom is 0.350 e. The first kappa shape index (κ1) is 30.4. The number of hydrogen-bond acceptors (Lipinski definition) is 11. The number of esters is 1. The molecule has 0 aliphatic carbocycles. The fourth-order valence-electron chi connectivity index (χ4n) is 4.59. The number of benzene rings is 2. The summed E-state index contributed by atoms with van der Waals surface area (Å²) < 4.78 is 27.1. The third-order valence-electron chi connectivity index (χ3n) is 6.68. The number of ketones is 1. The van der Waals surface area contributed by atoms with E-state index >= 15 is 0 Å². The molecule has 42 heavy (non-hydrogen) atoms. The van der Waals surface area contributed by atoms with Gasteiger partial charge in [-0.3, -0.25) is 14.5 Å². The number of amides is 1. The molecule has 1 aliphatic rings. The van der Waals surface area contributed by atoms with Crippen molar-refractivity contribution >= 4 is 39.9 Å². The number of methoxy groups -OCH3 is 4. The molecule has 0 saturated carbocycles. The smallest absolute Gasteiger partial charge is 0.350 e. The second-order valence-corrected chi connectivity index (χ2v) is 10.2. The molecule has 1 amide bonds. The summed E-state index contributed by atoms with van der Waals surface area (Å²) in [6.45, 7) is 4.13. The Bertz CT molecular complexity index is 1520. The average Bonchev–Trinajstić information content (AvgIpc) is 3.51. The van der Waals surface area contributed by atoms with Gasteiger partial charge < -0.3 is 28.8 Å². The largest absolute Gasteiger partial charge is 0.507 e. The lowest BCUT2D eigenvalue weighted by Crippen LogP contribution is -2.29. The first-order valence-electron chi connectivity index (χ1n) is 13.1. The van der Waals surface area contributed by atoms with Crippen molar-refractivity contribution < 1.29 is 43.2 Å². The fraction of sp³-hybridized carbons (Fsp3) is 0.333. The number of aromatic nitrogens is 1. The lowest BCUT2D eigenvalue weighted by molar-refractivity contribution is -0.132. The van der Waals surface area contributed by atoms with Gasteiger partial charge in [0.2, 0.25) is 5.75 Å². The van der Waals surface area contributed by atoms with Crippen LogP contribution in [0.2, 0.25) is 0 Å². The van der Waals surface area contributed by atoms with Gasteiger partial charge in [0.25, 0.3) is 5.78 Å². The van der Waals surface area contributed by atoms with Crippen molar-refractivity contribution in [3.8, 4) is 23.0 Å². The summed E-state index contributed by atoms with van der Waals surface area (Å²) in [7, 11) is 5.57. The molecule has 3 aromatic rings. The molecule has 12 heteroatoms. The van der Waals surface area contributed by atoms with Gasteiger partial charge >= 0.3 is 11.9 Å². The van der Waals surface area contributed by atoms with Gasteiger partial charge in [0, 0.05) is 5.56 Å². The van der Waals surface area contributed by atoms with Crippen LogP contribution in [0, 0.1) is 6.92 Å². The fourth-order valence-corrected chi connectivity index (χ4v) is 5.61. The quantitative estimate of drug-likeness (QED) is 0.105. The molecule has 0 spiro atoms. The maximum absolute atomic E-state index is 13.7. The number of aliphatic hydroxyl groups excluding tert-OH is 1. The van der Waals surface area contributed by atoms with Crippen LogP contribution in [0.3, 0.4) is 0 Å². The monoisotopic (exact) mass is 596 g/mol. The molecule has 1 N–H and O–H groups in total.